The molecule has 2 nitrogen and oxygen atoms in total. The van der Waals surface area contributed by atoms with E-state index in [1.54, 1.807) is 13.3 Å². The highest BCUT2D eigenvalue weighted by Crippen LogP contribution is 2.32. The van der Waals surface area contributed by atoms with E-state index >= 15 is 0 Å². The van der Waals surface area contributed by atoms with Gasteiger partial charge in [0.05, 0.1) is 12.1 Å². The Balaban J connectivity index is 2.90. The van der Waals surface area contributed by atoms with E-state index in [0.717, 1.165) is 22.2 Å². The van der Waals surface area contributed by atoms with Gasteiger partial charge in [0, 0.05) is 11.6 Å². The second kappa shape index (κ2) is 3.46. The monoisotopic (exact) mass is 207 g/mol. The van der Waals surface area contributed by atoms with Crippen LogP contribution in [0.1, 0.15) is 5.56 Å². The number of hydrogen-bond donors (Lipinski definition) is 0. The highest BCUT2D eigenvalue weighted by Gasteiger charge is 2.08. The van der Waals surface area contributed by atoms with Gasteiger partial charge in [-0.1, -0.05) is 11.6 Å². The molecule has 3 heteroatoms. The van der Waals surface area contributed by atoms with Crippen molar-refractivity contribution in [2.45, 2.75) is 6.92 Å². The minimum Gasteiger partial charge on any atom is -0.494 e. The topological polar surface area (TPSA) is 22.1 Å². The molecular weight excluding hydrogens is 198 g/mol. The second-order valence-corrected chi connectivity index (χ2v) is 3.52. The normalized spacial score (nSPS) is 10.5. The van der Waals surface area contributed by atoms with Crippen LogP contribution in [-0.4, -0.2) is 12.1 Å². The average molecular weight is 208 g/mol. The van der Waals surface area contributed by atoms with Gasteiger partial charge < -0.3 is 4.74 Å². The minimum absolute atomic E-state index is 0.714. The fraction of sp³-hybridized carbons (Fsp3) is 0.182. The molecule has 0 aliphatic rings. The predicted octanol–water partition coefficient (Wildman–Crippen LogP) is 3.21. The van der Waals surface area contributed by atoms with Gasteiger partial charge in [0.15, 0.2) is 0 Å². The van der Waals surface area contributed by atoms with Crippen molar-refractivity contribution in [2.24, 2.45) is 0 Å². The number of rotatable bonds is 1. The first-order chi connectivity index (χ1) is 6.74. The number of aromatic nitrogens is 1. The van der Waals surface area contributed by atoms with Gasteiger partial charge in [0.1, 0.15) is 11.3 Å². The molecule has 0 radical (unpaired) electrons. The van der Waals surface area contributed by atoms with Crippen molar-refractivity contribution in [3.8, 4) is 5.75 Å². The predicted molar refractivity (Wildman–Crippen MR) is 58.0 cm³/mol. The van der Waals surface area contributed by atoms with E-state index in [4.69, 9.17) is 16.3 Å². The summed E-state index contributed by atoms with van der Waals surface area (Å²) in [5.41, 5.74) is 1.82. The number of halogens is 1. The third-order valence-corrected chi connectivity index (χ3v) is 2.50. The molecule has 0 saturated heterocycles. The molecule has 2 rings (SSSR count). The summed E-state index contributed by atoms with van der Waals surface area (Å²) in [5, 5.41) is 1.64. The fourth-order valence-corrected chi connectivity index (χ4v) is 1.87. The lowest BCUT2D eigenvalue weighted by Crippen LogP contribution is -1.91. The van der Waals surface area contributed by atoms with E-state index in [-0.39, 0.29) is 0 Å². The molecule has 0 aliphatic carbocycles. The van der Waals surface area contributed by atoms with Gasteiger partial charge in [0.25, 0.3) is 0 Å². The molecule has 0 spiro atoms. The van der Waals surface area contributed by atoms with Crippen LogP contribution in [0.3, 0.4) is 0 Å². The van der Waals surface area contributed by atoms with Crippen LogP contribution >= 0.6 is 11.6 Å². The molecule has 0 fully saturated rings. The number of aryl methyl sites for hydroxylation is 1. The molecule has 1 aromatic heterocycles. The number of methoxy groups -OCH3 is 1. The van der Waals surface area contributed by atoms with E-state index < -0.39 is 0 Å². The molecule has 14 heavy (non-hydrogen) atoms. The van der Waals surface area contributed by atoms with E-state index in [1.165, 1.54) is 0 Å². The van der Waals surface area contributed by atoms with Gasteiger partial charge in [-0.2, -0.15) is 0 Å². The van der Waals surface area contributed by atoms with E-state index in [0.29, 0.717) is 5.02 Å². The van der Waals surface area contributed by atoms with Crippen LogP contribution in [0.5, 0.6) is 5.75 Å². The Hall–Kier alpha value is -1.28. The highest BCUT2D eigenvalue weighted by molar-refractivity contribution is 6.35. The van der Waals surface area contributed by atoms with Crippen molar-refractivity contribution in [1.29, 1.82) is 0 Å². The maximum Gasteiger partial charge on any atom is 0.148 e. The summed E-state index contributed by atoms with van der Waals surface area (Å²) in [4.78, 5) is 4.26. The third-order valence-electron chi connectivity index (χ3n) is 2.19. The first kappa shape index (κ1) is 9.28. The molecule has 1 heterocycles. The van der Waals surface area contributed by atoms with Gasteiger partial charge in [0.2, 0.25) is 0 Å². The molecule has 2 aromatic rings. The van der Waals surface area contributed by atoms with Gasteiger partial charge in [-0.3, -0.25) is 4.98 Å². The molecule has 0 amide bonds. The number of nitrogens with zero attached hydrogens (tertiary/aromatic N) is 1. The second-order valence-electron chi connectivity index (χ2n) is 3.11. The Kier molecular flexibility index (Phi) is 2.30. The van der Waals surface area contributed by atoms with Crippen LogP contribution < -0.4 is 4.74 Å². The van der Waals surface area contributed by atoms with Crippen LogP contribution in [0, 0.1) is 6.92 Å². The van der Waals surface area contributed by atoms with Crippen LogP contribution in [-0.2, 0) is 0 Å². The summed E-state index contributed by atoms with van der Waals surface area (Å²) in [5.74, 6) is 0.796. The number of benzene rings is 1. The lowest BCUT2D eigenvalue weighted by atomic mass is 10.1. The molecule has 0 bridgehead atoms. The maximum atomic E-state index is 6.10. The van der Waals surface area contributed by atoms with Crippen molar-refractivity contribution in [1.82, 2.24) is 4.98 Å². The molecule has 0 N–H and O–H groups in total. The summed E-state index contributed by atoms with van der Waals surface area (Å²) in [6.45, 7) is 1.96. The average Bonchev–Trinajstić information content (AvgIpc) is 2.18. The largest absolute Gasteiger partial charge is 0.494 e. The van der Waals surface area contributed by atoms with E-state index in [1.807, 2.05) is 25.1 Å². The molecule has 72 valence electrons. The highest BCUT2D eigenvalue weighted by atomic mass is 35.5. The Labute approximate surface area is 87.5 Å². The third kappa shape index (κ3) is 1.32. The summed E-state index contributed by atoms with van der Waals surface area (Å²) in [6, 6.07) is 5.69. The first-order valence-electron chi connectivity index (χ1n) is 4.32. The van der Waals surface area contributed by atoms with Gasteiger partial charge >= 0.3 is 0 Å². The van der Waals surface area contributed by atoms with E-state index in [9.17, 15) is 0 Å². The van der Waals surface area contributed by atoms with Crippen molar-refractivity contribution in [3.63, 3.8) is 0 Å². The summed E-state index contributed by atoms with van der Waals surface area (Å²) in [6.07, 6.45) is 1.74. The number of pyridine rings is 1. The number of ether oxygens (including phenoxy) is 1. The standard InChI is InChI=1S/C11H10ClNO/c1-7-6-9(12)8-4-3-5-13-10(8)11(7)14-2/h3-6H,1-2H3. The molecule has 0 aliphatic heterocycles. The molecular formula is C11H10ClNO. The lowest BCUT2D eigenvalue weighted by Gasteiger charge is -2.08. The first-order valence-corrected chi connectivity index (χ1v) is 4.69. The number of hydrogen-bond acceptors (Lipinski definition) is 2. The molecule has 0 unspecified atom stereocenters. The zero-order valence-corrected chi connectivity index (χ0v) is 8.80. The molecule has 1 aromatic carbocycles. The summed E-state index contributed by atoms with van der Waals surface area (Å²) in [7, 11) is 1.64. The Bertz CT molecular complexity index is 482. The fourth-order valence-electron chi connectivity index (χ4n) is 1.56. The van der Waals surface area contributed by atoms with Crippen LogP contribution in [0.4, 0.5) is 0 Å². The maximum absolute atomic E-state index is 6.10. The SMILES string of the molecule is COc1c(C)cc(Cl)c2cccnc12. The van der Waals surface area contributed by atoms with Gasteiger partial charge in [-0.25, -0.2) is 0 Å². The van der Waals surface area contributed by atoms with Crippen molar-refractivity contribution in [2.75, 3.05) is 7.11 Å². The van der Waals surface area contributed by atoms with Crippen molar-refractivity contribution in [3.05, 3.63) is 35.0 Å². The summed E-state index contributed by atoms with van der Waals surface area (Å²) < 4.78 is 5.29. The molecule has 0 atom stereocenters. The van der Waals surface area contributed by atoms with Crippen LogP contribution in [0.2, 0.25) is 5.02 Å². The zero-order valence-electron chi connectivity index (χ0n) is 8.04. The number of fused-ring (bicyclic) bond motifs is 1. The van der Waals surface area contributed by atoms with Gasteiger partial charge in [-0.15, -0.1) is 0 Å². The minimum atomic E-state index is 0.714. The van der Waals surface area contributed by atoms with Gasteiger partial charge in [-0.05, 0) is 30.7 Å². The van der Waals surface area contributed by atoms with Crippen LogP contribution in [0.15, 0.2) is 24.4 Å². The quantitative estimate of drug-likeness (QED) is 0.717. The Morgan fingerprint density at radius 3 is 2.93 bits per heavy atom. The van der Waals surface area contributed by atoms with Crippen molar-refractivity contribution >= 4 is 22.5 Å². The lowest BCUT2D eigenvalue weighted by molar-refractivity contribution is 0.416. The van der Waals surface area contributed by atoms with Crippen molar-refractivity contribution < 1.29 is 4.74 Å². The smallest absolute Gasteiger partial charge is 0.148 e. The van der Waals surface area contributed by atoms with Crippen LogP contribution in [0.25, 0.3) is 10.9 Å². The molecule has 0 saturated carbocycles. The Morgan fingerprint density at radius 1 is 1.43 bits per heavy atom. The zero-order chi connectivity index (χ0) is 10.1. The van der Waals surface area contributed by atoms with E-state index in [2.05, 4.69) is 4.98 Å². The summed E-state index contributed by atoms with van der Waals surface area (Å²) >= 11 is 6.10. The Morgan fingerprint density at radius 2 is 2.21 bits per heavy atom.